The standard InChI is InChI=1S/C60H80N4O7/c1-3-4-7-14-39-21-22-43(53(66)30-39)19-12-13-20-44-23-24-47(51-29-41(27-40-25-26-63-56(61)31-40)36-60(51,71)45(37-62-2)32-55(68)57(44)59(69)70)52-35-48(42-17-10-6-11-18-42)58(64-52)50-33-46(65)34-54(67)49(50)28-38-15-8-5-9-16-38/h5-6,8-11,15-18,21-22,25,31,33-35,39,41,43-45,47,51,53,55,57,62-68,71H,3-4,7,12-14,19-20,23-24,26-30,32,36-37,61H2,1-2H3,(H,69,70). The van der Waals surface area contributed by atoms with E-state index in [0.717, 1.165) is 72.2 Å². The molecule has 382 valence electrons. The first-order valence-corrected chi connectivity index (χ1v) is 26.8. The molecule has 0 amide bonds. The van der Waals surface area contributed by atoms with Crippen molar-refractivity contribution in [2.75, 3.05) is 20.1 Å². The average molecular weight is 969 g/mol. The molecule has 1 aliphatic heterocycles. The zero-order chi connectivity index (χ0) is 50.1. The number of aliphatic hydroxyl groups excluding tert-OH is 2. The summed E-state index contributed by atoms with van der Waals surface area (Å²) in [6, 6.07) is 25.3. The van der Waals surface area contributed by atoms with E-state index >= 15 is 0 Å². The van der Waals surface area contributed by atoms with Crippen molar-refractivity contribution < 1.29 is 35.4 Å². The van der Waals surface area contributed by atoms with Crippen LogP contribution in [0.25, 0.3) is 22.4 Å². The molecule has 71 heavy (non-hydrogen) atoms. The number of benzene rings is 3. The number of allylic oxidation sites excluding steroid dienone is 3. The van der Waals surface area contributed by atoms with Crippen molar-refractivity contribution in [1.29, 1.82) is 0 Å². The van der Waals surface area contributed by atoms with Gasteiger partial charge in [0.05, 0.1) is 35.2 Å². The molecule has 0 spiro atoms. The second-order valence-electron chi connectivity index (χ2n) is 21.7. The molecule has 2 fully saturated rings. The number of phenols is 2. The van der Waals surface area contributed by atoms with Crippen LogP contribution in [0.3, 0.4) is 0 Å². The second kappa shape index (κ2) is 23.9. The molecular formula is C60H80N4O7. The highest BCUT2D eigenvalue weighted by molar-refractivity contribution is 5.85. The van der Waals surface area contributed by atoms with Crippen LogP contribution < -0.4 is 16.4 Å². The zero-order valence-electron chi connectivity index (χ0n) is 42.0. The number of carbonyl (C=O) groups is 1. The van der Waals surface area contributed by atoms with Gasteiger partial charge in [-0.05, 0) is 130 Å². The fourth-order valence-corrected chi connectivity index (χ4v) is 13.3. The molecule has 1 aromatic heterocycles. The average Bonchev–Trinajstić information content (AvgIpc) is 3.93. The van der Waals surface area contributed by atoms with Crippen LogP contribution in [0.2, 0.25) is 0 Å². The predicted octanol–water partition coefficient (Wildman–Crippen LogP) is 10.3. The Labute approximate surface area is 421 Å². The summed E-state index contributed by atoms with van der Waals surface area (Å²) >= 11 is 0. The third-order valence-electron chi connectivity index (χ3n) is 16.8. The van der Waals surface area contributed by atoms with Crippen LogP contribution in [0.4, 0.5) is 0 Å². The third kappa shape index (κ3) is 12.5. The molecule has 3 aliphatic carbocycles. The number of dihydropyridines is 1. The first kappa shape index (κ1) is 52.0. The Balaban J connectivity index is 1.18. The molecule has 11 nitrogen and oxygen atoms in total. The number of aromatic amines is 1. The maximum Gasteiger partial charge on any atom is 0.309 e. The lowest BCUT2D eigenvalue weighted by molar-refractivity contribution is -0.152. The lowest BCUT2D eigenvalue weighted by atomic mass is 9.65. The van der Waals surface area contributed by atoms with Crippen LogP contribution >= 0.6 is 0 Å². The van der Waals surface area contributed by atoms with E-state index in [1.807, 2.05) is 61.7 Å². The molecule has 11 heteroatoms. The number of aliphatic carboxylic acids is 1. The van der Waals surface area contributed by atoms with E-state index < -0.39 is 29.5 Å². The Bertz CT molecular complexity index is 2470. The van der Waals surface area contributed by atoms with Gasteiger partial charge in [0.1, 0.15) is 11.5 Å². The predicted molar refractivity (Wildman–Crippen MR) is 282 cm³/mol. The molecule has 11 atom stereocenters. The van der Waals surface area contributed by atoms with Crippen molar-refractivity contribution in [3.05, 3.63) is 131 Å². The van der Waals surface area contributed by atoms with E-state index in [2.05, 4.69) is 59.0 Å². The number of carboxylic acids is 1. The summed E-state index contributed by atoms with van der Waals surface area (Å²) < 4.78 is 0. The Kier molecular flexibility index (Phi) is 17.5. The number of hydrogen-bond donors (Lipinski definition) is 10. The summed E-state index contributed by atoms with van der Waals surface area (Å²) in [5.41, 5.74) is 11.9. The number of aromatic hydroxyl groups is 2. The van der Waals surface area contributed by atoms with E-state index in [1.165, 1.54) is 25.3 Å². The number of fused-ring (bicyclic) bond motifs is 1. The van der Waals surface area contributed by atoms with Crippen molar-refractivity contribution >= 4 is 5.97 Å². The van der Waals surface area contributed by atoms with Crippen LogP contribution in [0.1, 0.15) is 126 Å². The van der Waals surface area contributed by atoms with Gasteiger partial charge in [0.15, 0.2) is 0 Å². The van der Waals surface area contributed by atoms with Crippen LogP contribution in [-0.2, 0) is 11.2 Å². The van der Waals surface area contributed by atoms with E-state index in [0.29, 0.717) is 74.5 Å². The molecular weight excluding hydrogens is 889 g/mol. The number of unbranched alkanes of at least 4 members (excludes halogenated alkanes) is 3. The van der Waals surface area contributed by atoms with Crippen molar-refractivity contribution in [1.82, 2.24) is 15.6 Å². The van der Waals surface area contributed by atoms with Gasteiger partial charge in [0.2, 0.25) is 0 Å². The second-order valence-corrected chi connectivity index (χ2v) is 21.7. The van der Waals surface area contributed by atoms with Crippen LogP contribution in [0.5, 0.6) is 11.5 Å². The van der Waals surface area contributed by atoms with Gasteiger partial charge in [0.25, 0.3) is 0 Å². The lowest BCUT2D eigenvalue weighted by Gasteiger charge is -2.44. The topological polar surface area (TPSA) is 204 Å². The molecule has 2 heterocycles. The molecule has 8 rings (SSSR count). The van der Waals surface area contributed by atoms with E-state index in [9.17, 15) is 35.4 Å². The minimum absolute atomic E-state index is 0.00994. The summed E-state index contributed by atoms with van der Waals surface area (Å²) in [7, 11) is 1.85. The molecule has 3 aromatic carbocycles. The van der Waals surface area contributed by atoms with E-state index in [1.54, 1.807) is 6.07 Å². The molecule has 11 N–H and O–H groups in total. The molecule has 11 unspecified atom stereocenters. The van der Waals surface area contributed by atoms with Gasteiger partial charge in [-0.1, -0.05) is 118 Å². The number of phenolic OH excluding ortho intramolecular Hbond substituents is 2. The third-order valence-corrected chi connectivity index (χ3v) is 16.8. The SMILES string of the molecule is CCCCCC1C=CC(CCCCC2CCC(c3cc(-c4ccccc4)c(-c4cc(O)cc(O)c4Cc4ccccc4)[nH]3)C3CC(CC4=CCNC(N)=C4)CC3(O)C(CNC)CC(O)C2C(=O)O)C(O)C1. The summed E-state index contributed by atoms with van der Waals surface area (Å²) in [5.74, 6) is -2.24. The fourth-order valence-electron chi connectivity index (χ4n) is 13.3. The maximum atomic E-state index is 13.6. The monoisotopic (exact) mass is 969 g/mol. The molecule has 4 aliphatic rings. The number of rotatable bonds is 19. The zero-order valence-corrected chi connectivity index (χ0v) is 42.0. The van der Waals surface area contributed by atoms with Crippen molar-refractivity contribution in [2.45, 2.75) is 133 Å². The van der Waals surface area contributed by atoms with Gasteiger partial charge in [0, 0.05) is 65.7 Å². The molecule has 2 saturated carbocycles. The van der Waals surface area contributed by atoms with Crippen LogP contribution in [0.15, 0.2) is 115 Å². The fraction of sp³-hybridized carbons (Fsp3) is 0.517. The lowest BCUT2D eigenvalue weighted by Crippen LogP contribution is -2.51. The van der Waals surface area contributed by atoms with Gasteiger partial charge in [-0.25, -0.2) is 0 Å². The highest BCUT2D eigenvalue weighted by atomic mass is 16.4. The highest BCUT2D eigenvalue weighted by Gasteiger charge is 2.55. The van der Waals surface area contributed by atoms with Crippen molar-refractivity contribution in [3.63, 3.8) is 0 Å². The first-order chi connectivity index (χ1) is 34.3. The van der Waals surface area contributed by atoms with Gasteiger partial charge < -0.3 is 52.0 Å². The van der Waals surface area contributed by atoms with Gasteiger partial charge in [-0.15, -0.1) is 0 Å². The summed E-state index contributed by atoms with van der Waals surface area (Å²) in [5, 5.41) is 77.3. The minimum Gasteiger partial charge on any atom is -0.508 e. The van der Waals surface area contributed by atoms with Gasteiger partial charge in [-0.2, -0.15) is 0 Å². The number of nitrogens with two attached hydrogens (primary N) is 1. The number of nitrogens with one attached hydrogen (secondary N) is 3. The largest absolute Gasteiger partial charge is 0.508 e. The Morgan fingerprint density at radius 2 is 1.61 bits per heavy atom. The molecule has 0 radical (unpaired) electrons. The molecule has 0 bridgehead atoms. The summed E-state index contributed by atoms with van der Waals surface area (Å²) in [4.78, 5) is 17.4. The number of aromatic nitrogens is 1. The van der Waals surface area contributed by atoms with Crippen LogP contribution in [-0.4, -0.2) is 79.5 Å². The van der Waals surface area contributed by atoms with Crippen molar-refractivity contribution in [3.8, 4) is 33.9 Å². The maximum absolute atomic E-state index is 13.6. The Hall–Kier alpha value is -5.33. The molecule has 0 saturated heterocycles. The van der Waals surface area contributed by atoms with E-state index in [4.69, 9.17) is 5.73 Å². The summed E-state index contributed by atoms with van der Waals surface area (Å²) in [6.07, 6.45) is 19.2. The smallest absolute Gasteiger partial charge is 0.309 e. The number of carboxylic acid groups (broad SMARTS) is 1. The quantitative estimate of drug-likeness (QED) is 0.0318. The Morgan fingerprint density at radius 3 is 2.32 bits per heavy atom. The normalized spacial score (nSPS) is 28.9. The number of aliphatic hydroxyl groups is 3. The number of hydrogen-bond acceptors (Lipinski definition) is 9. The van der Waals surface area contributed by atoms with E-state index in [-0.39, 0.29) is 53.6 Å². The van der Waals surface area contributed by atoms with Crippen LogP contribution in [0, 0.1) is 41.4 Å². The van der Waals surface area contributed by atoms with Gasteiger partial charge >= 0.3 is 5.97 Å². The Morgan fingerprint density at radius 1 is 0.859 bits per heavy atom. The summed E-state index contributed by atoms with van der Waals surface area (Å²) in [6.45, 7) is 3.24. The first-order valence-electron chi connectivity index (χ1n) is 26.8. The molecule has 4 aromatic rings. The highest BCUT2D eigenvalue weighted by Crippen LogP contribution is 2.56. The van der Waals surface area contributed by atoms with Gasteiger partial charge in [-0.3, -0.25) is 4.79 Å². The van der Waals surface area contributed by atoms with Crippen molar-refractivity contribution in [2.24, 2.45) is 47.2 Å². The number of H-pyrrole nitrogens is 1. The minimum atomic E-state index is -1.28.